The molecule has 2 heterocycles. The number of benzene rings is 3. The monoisotopic (exact) mass is 508 g/mol. The zero-order chi connectivity index (χ0) is 25.8. The molecule has 1 N–H and O–H groups in total. The summed E-state index contributed by atoms with van der Waals surface area (Å²) < 4.78 is 1.62. The highest BCUT2D eigenvalue weighted by Crippen LogP contribution is 2.29. The quantitative estimate of drug-likeness (QED) is 0.211. The van der Waals surface area contributed by atoms with Crippen molar-refractivity contribution < 1.29 is 4.79 Å². The van der Waals surface area contributed by atoms with Crippen LogP contribution in [-0.4, -0.2) is 37.6 Å². The maximum atomic E-state index is 13.8. The maximum absolute atomic E-state index is 13.8. The lowest BCUT2D eigenvalue weighted by atomic mass is 10.1. The second-order valence-electron chi connectivity index (χ2n) is 8.80. The Balaban J connectivity index is 1.54. The van der Waals surface area contributed by atoms with Crippen molar-refractivity contribution in [3.8, 4) is 16.8 Å². The number of carbonyl (C=O) groups excluding carboxylic acids is 1. The maximum Gasteiger partial charge on any atom is 0.283 e. The third-order valence-electron chi connectivity index (χ3n) is 6.39. The number of carbonyl (C=O) groups is 1. The Morgan fingerprint density at radius 2 is 1.65 bits per heavy atom. The van der Waals surface area contributed by atoms with Crippen molar-refractivity contribution >= 4 is 28.7 Å². The lowest BCUT2D eigenvalue weighted by molar-refractivity contribution is -0.128. The molecule has 0 aliphatic carbocycles. The zero-order valence-electron chi connectivity index (χ0n) is 20.8. The van der Waals surface area contributed by atoms with Crippen LogP contribution in [-0.2, 0) is 11.3 Å². The number of thioether (sulfide) groups is 1. The van der Waals surface area contributed by atoms with Crippen molar-refractivity contribution in [1.82, 2.24) is 19.4 Å². The molecule has 1 amide bonds. The second-order valence-corrected chi connectivity index (χ2v) is 9.74. The Hall–Kier alpha value is -4.10. The third-order valence-corrected chi connectivity index (χ3v) is 7.31. The van der Waals surface area contributed by atoms with Crippen LogP contribution < -0.4 is 5.56 Å². The fourth-order valence-electron chi connectivity index (χ4n) is 4.40. The van der Waals surface area contributed by atoms with Gasteiger partial charge in [-0.3, -0.25) is 14.2 Å². The van der Waals surface area contributed by atoms with Gasteiger partial charge in [0.25, 0.3) is 5.56 Å². The van der Waals surface area contributed by atoms with E-state index in [-0.39, 0.29) is 17.2 Å². The highest BCUT2D eigenvalue weighted by Gasteiger charge is 2.21. The minimum Gasteiger partial charge on any atom is -0.355 e. The summed E-state index contributed by atoms with van der Waals surface area (Å²) in [6.07, 6.45) is 1.83. The number of aromatic amines is 1. The first-order valence-corrected chi connectivity index (χ1v) is 13.3. The van der Waals surface area contributed by atoms with E-state index in [0.717, 1.165) is 27.9 Å². The number of H-pyrrole nitrogens is 1. The normalized spacial score (nSPS) is 11.1. The first kappa shape index (κ1) is 24.6. The lowest BCUT2D eigenvalue weighted by Gasteiger charge is -2.21. The minimum atomic E-state index is -0.187. The second kappa shape index (κ2) is 10.9. The number of aromatic nitrogens is 3. The van der Waals surface area contributed by atoms with E-state index in [1.807, 2.05) is 110 Å². The first-order valence-electron chi connectivity index (χ1n) is 12.3. The molecule has 0 aliphatic rings. The van der Waals surface area contributed by atoms with Gasteiger partial charge in [-0.05, 0) is 36.6 Å². The molecule has 0 radical (unpaired) electrons. The molecule has 0 unspecified atom stereocenters. The van der Waals surface area contributed by atoms with Gasteiger partial charge in [0.15, 0.2) is 5.16 Å². The average molecular weight is 509 g/mol. The summed E-state index contributed by atoms with van der Waals surface area (Å²) in [6.45, 7) is 5.09. The number of fused-ring (bicyclic) bond motifs is 1. The molecular formula is C30H28N4O2S. The molecule has 37 heavy (non-hydrogen) atoms. The predicted octanol–water partition coefficient (Wildman–Crippen LogP) is 5.83. The van der Waals surface area contributed by atoms with Gasteiger partial charge in [-0.25, -0.2) is 4.98 Å². The van der Waals surface area contributed by atoms with Gasteiger partial charge in [0.2, 0.25) is 5.91 Å². The molecule has 0 aliphatic heterocycles. The third kappa shape index (κ3) is 5.08. The van der Waals surface area contributed by atoms with E-state index in [0.29, 0.717) is 29.3 Å². The molecule has 5 aromatic rings. The Morgan fingerprint density at radius 1 is 0.973 bits per heavy atom. The number of aryl methyl sites for hydroxylation is 1. The summed E-state index contributed by atoms with van der Waals surface area (Å²) in [5.41, 5.74) is 5.48. The van der Waals surface area contributed by atoms with Crippen molar-refractivity contribution in [1.29, 1.82) is 0 Å². The molecule has 186 valence electrons. The molecular weight excluding hydrogens is 480 g/mol. The SMILES string of the molecule is CCN(Cc1ccccc1)C(=O)CSc1nc2c(-c3ccccc3)c[nH]c2c(=O)n1-c1ccccc1C. The summed E-state index contributed by atoms with van der Waals surface area (Å²) in [6, 6.07) is 27.5. The summed E-state index contributed by atoms with van der Waals surface area (Å²) in [7, 11) is 0. The number of nitrogens with zero attached hydrogens (tertiary/aromatic N) is 3. The van der Waals surface area contributed by atoms with Crippen LogP contribution in [0.4, 0.5) is 0 Å². The largest absolute Gasteiger partial charge is 0.355 e. The molecule has 6 nitrogen and oxygen atoms in total. The Morgan fingerprint density at radius 3 is 2.35 bits per heavy atom. The van der Waals surface area contributed by atoms with Crippen molar-refractivity contribution in [2.24, 2.45) is 0 Å². The van der Waals surface area contributed by atoms with E-state index in [4.69, 9.17) is 4.98 Å². The molecule has 2 aromatic heterocycles. The average Bonchev–Trinajstić information content (AvgIpc) is 3.36. The van der Waals surface area contributed by atoms with E-state index in [1.165, 1.54) is 11.8 Å². The molecule has 0 bridgehead atoms. The van der Waals surface area contributed by atoms with E-state index in [1.54, 1.807) is 4.57 Å². The smallest absolute Gasteiger partial charge is 0.283 e. The summed E-state index contributed by atoms with van der Waals surface area (Å²) >= 11 is 1.30. The number of hydrogen-bond acceptors (Lipinski definition) is 4. The van der Waals surface area contributed by atoms with Crippen LogP contribution in [0, 0.1) is 6.92 Å². The number of rotatable bonds is 8. The van der Waals surface area contributed by atoms with Crippen LogP contribution in [0.25, 0.3) is 27.8 Å². The number of amides is 1. The van der Waals surface area contributed by atoms with Gasteiger partial charge in [0, 0.05) is 24.8 Å². The van der Waals surface area contributed by atoms with Crippen molar-refractivity contribution in [3.63, 3.8) is 0 Å². The van der Waals surface area contributed by atoms with Crippen molar-refractivity contribution in [2.75, 3.05) is 12.3 Å². The van der Waals surface area contributed by atoms with Gasteiger partial charge >= 0.3 is 0 Å². The van der Waals surface area contributed by atoms with Crippen LogP contribution in [0.2, 0.25) is 0 Å². The standard InChI is InChI=1S/C30H28N4O2S/c1-3-33(19-22-13-6-4-7-14-22)26(35)20-37-30-32-27-24(23-15-8-5-9-16-23)18-31-28(27)29(36)34(30)25-17-11-10-12-21(25)2/h4-18,31H,3,19-20H2,1-2H3. The van der Waals surface area contributed by atoms with Gasteiger partial charge in [0.05, 0.1) is 11.4 Å². The summed E-state index contributed by atoms with van der Waals surface area (Å²) in [5.74, 6) is 0.176. The summed E-state index contributed by atoms with van der Waals surface area (Å²) in [4.78, 5) is 37.0. The fourth-order valence-corrected chi connectivity index (χ4v) is 5.30. The van der Waals surface area contributed by atoms with Crippen LogP contribution in [0.1, 0.15) is 18.1 Å². The van der Waals surface area contributed by atoms with Crippen LogP contribution >= 0.6 is 11.8 Å². The molecule has 3 aromatic carbocycles. The number of hydrogen-bond donors (Lipinski definition) is 1. The lowest BCUT2D eigenvalue weighted by Crippen LogP contribution is -2.32. The highest BCUT2D eigenvalue weighted by molar-refractivity contribution is 7.99. The fraction of sp³-hybridized carbons (Fsp3) is 0.167. The van der Waals surface area contributed by atoms with Gasteiger partial charge < -0.3 is 9.88 Å². The van der Waals surface area contributed by atoms with E-state index in [9.17, 15) is 9.59 Å². The van der Waals surface area contributed by atoms with Crippen molar-refractivity contribution in [2.45, 2.75) is 25.5 Å². The Kier molecular flexibility index (Phi) is 7.23. The molecule has 0 spiro atoms. The van der Waals surface area contributed by atoms with Gasteiger partial charge in [0.1, 0.15) is 11.0 Å². The van der Waals surface area contributed by atoms with Gasteiger partial charge in [-0.2, -0.15) is 0 Å². The minimum absolute atomic E-state index is 0.000570. The molecule has 0 saturated carbocycles. The molecule has 0 fully saturated rings. The van der Waals surface area contributed by atoms with Crippen LogP contribution in [0.15, 0.2) is 101 Å². The van der Waals surface area contributed by atoms with Crippen molar-refractivity contribution in [3.05, 3.63) is 113 Å². The number of para-hydroxylation sites is 1. The highest BCUT2D eigenvalue weighted by atomic mass is 32.2. The Bertz CT molecular complexity index is 1590. The zero-order valence-corrected chi connectivity index (χ0v) is 21.7. The first-order chi connectivity index (χ1) is 18.1. The van der Waals surface area contributed by atoms with Gasteiger partial charge in [-0.1, -0.05) is 90.6 Å². The van der Waals surface area contributed by atoms with Crippen LogP contribution in [0.5, 0.6) is 0 Å². The molecule has 5 rings (SSSR count). The predicted molar refractivity (Wildman–Crippen MR) is 150 cm³/mol. The molecule has 0 saturated heterocycles. The Labute approximate surface area is 220 Å². The van der Waals surface area contributed by atoms with Gasteiger partial charge in [-0.15, -0.1) is 0 Å². The van der Waals surface area contributed by atoms with Crippen LogP contribution in [0.3, 0.4) is 0 Å². The topological polar surface area (TPSA) is 71.0 Å². The number of nitrogens with one attached hydrogen (secondary N) is 1. The van der Waals surface area contributed by atoms with E-state index < -0.39 is 0 Å². The molecule has 7 heteroatoms. The van der Waals surface area contributed by atoms with E-state index >= 15 is 0 Å². The molecule has 0 atom stereocenters. The summed E-state index contributed by atoms with van der Waals surface area (Å²) in [5, 5.41) is 0.493. The van der Waals surface area contributed by atoms with E-state index in [2.05, 4.69) is 4.98 Å².